The lowest BCUT2D eigenvalue weighted by Gasteiger charge is -2.44. The molecule has 7 heteroatoms. The number of aromatic nitrogens is 4. The summed E-state index contributed by atoms with van der Waals surface area (Å²) < 4.78 is 0. The van der Waals surface area contributed by atoms with Crippen molar-refractivity contribution >= 4 is 22.9 Å². The summed E-state index contributed by atoms with van der Waals surface area (Å²) in [6.07, 6.45) is 5.49. The Morgan fingerprint density at radius 2 is 1.92 bits per heavy atom. The highest BCUT2D eigenvalue weighted by molar-refractivity contribution is 5.92. The van der Waals surface area contributed by atoms with Crippen LogP contribution in [0.5, 0.6) is 0 Å². The predicted molar refractivity (Wildman–Crippen MR) is 101 cm³/mol. The van der Waals surface area contributed by atoms with Gasteiger partial charge in [0.15, 0.2) is 0 Å². The zero-order chi connectivity index (χ0) is 18.3. The van der Waals surface area contributed by atoms with E-state index in [4.69, 9.17) is 4.98 Å². The minimum atomic E-state index is 0.116. The van der Waals surface area contributed by atoms with Gasteiger partial charge in [0.05, 0.1) is 5.69 Å². The monoisotopic (exact) mass is 350 g/mol. The Kier molecular flexibility index (Phi) is 4.06. The number of aromatic amines is 1. The van der Waals surface area contributed by atoms with E-state index in [0.717, 1.165) is 35.4 Å². The van der Waals surface area contributed by atoms with E-state index < -0.39 is 0 Å². The van der Waals surface area contributed by atoms with E-state index in [0.29, 0.717) is 5.95 Å². The number of carbonyl (C=O) groups is 1. The predicted octanol–water partition coefficient (Wildman–Crippen LogP) is 2.47. The zero-order valence-corrected chi connectivity index (χ0v) is 15.2. The molecule has 0 unspecified atom stereocenters. The highest BCUT2D eigenvalue weighted by atomic mass is 16.2. The molecule has 1 amide bonds. The third-order valence-electron chi connectivity index (χ3n) is 4.94. The van der Waals surface area contributed by atoms with Gasteiger partial charge in [-0.2, -0.15) is 0 Å². The van der Waals surface area contributed by atoms with E-state index in [1.807, 2.05) is 29.3 Å². The molecule has 3 aromatic heterocycles. The van der Waals surface area contributed by atoms with Gasteiger partial charge in [-0.1, -0.05) is 0 Å². The second kappa shape index (κ2) is 6.40. The molecule has 134 valence electrons. The zero-order valence-electron chi connectivity index (χ0n) is 15.2. The summed E-state index contributed by atoms with van der Waals surface area (Å²) in [4.78, 5) is 32.8. The number of piperazine rings is 1. The number of H-pyrrole nitrogens is 1. The number of rotatable bonds is 2. The molecule has 0 spiro atoms. The SMILES string of the molecule is CC(=O)N1[C@H](C)CN(c2nccc(-c3c[nH]c4ncccc34)n2)C[C@@H]1C. The normalized spacial score (nSPS) is 20.6. The van der Waals surface area contributed by atoms with Gasteiger partial charge in [-0.15, -0.1) is 0 Å². The molecule has 1 aliphatic heterocycles. The maximum absolute atomic E-state index is 11.9. The lowest BCUT2D eigenvalue weighted by Crippen LogP contribution is -2.58. The standard InChI is InChI=1S/C19H22N6O/c1-12-10-24(11-13(2)25(12)14(3)26)19-21-8-6-17(23-19)16-9-22-18-15(16)5-4-7-20-18/h4-9,12-13H,10-11H2,1-3H3,(H,20,22)/t12-,13+. The number of nitrogens with zero attached hydrogens (tertiary/aromatic N) is 5. The molecule has 0 saturated carbocycles. The van der Waals surface area contributed by atoms with Crippen molar-refractivity contribution in [1.82, 2.24) is 24.8 Å². The van der Waals surface area contributed by atoms with Crippen molar-refractivity contribution < 1.29 is 4.79 Å². The Labute approximate surface area is 152 Å². The van der Waals surface area contributed by atoms with Crippen LogP contribution >= 0.6 is 0 Å². The van der Waals surface area contributed by atoms with Gasteiger partial charge in [-0.05, 0) is 32.0 Å². The number of hydrogen-bond acceptors (Lipinski definition) is 5. The van der Waals surface area contributed by atoms with Crippen LogP contribution in [0.15, 0.2) is 36.8 Å². The summed E-state index contributed by atoms with van der Waals surface area (Å²) in [6.45, 7) is 7.22. The highest BCUT2D eigenvalue weighted by Crippen LogP contribution is 2.27. The second-order valence-electron chi connectivity index (χ2n) is 6.87. The Hall–Kier alpha value is -2.96. The van der Waals surface area contributed by atoms with Gasteiger partial charge in [-0.25, -0.2) is 15.0 Å². The van der Waals surface area contributed by atoms with Gasteiger partial charge in [0.2, 0.25) is 11.9 Å². The number of pyridine rings is 1. The Bertz CT molecular complexity index is 940. The Morgan fingerprint density at radius 1 is 1.15 bits per heavy atom. The van der Waals surface area contributed by atoms with E-state index in [2.05, 4.69) is 33.7 Å². The van der Waals surface area contributed by atoms with Gasteiger partial charge < -0.3 is 14.8 Å². The first-order valence-corrected chi connectivity index (χ1v) is 8.84. The molecule has 4 heterocycles. The van der Waals surface area contributed by atoms with E-state index in [-0.39, 0.29) is 18.0 Å². The smallest absolute Gasteiger partial charge is 0.225 e. The van der Waals surface area contributed by atoms with Crippen LogP contribution in [-0.2, 0) is 4.79 Å². The number of amides is 1. The lowest BCUT2D eigenvalue weighted by atomic mass is 10.1. The summed E-state index contributed by atoms with van der Waals surface area (Å²) in [5, 5.41) is 1.04. The fraction of sp³-hybridized carbons (Fsp3) is 0.368. The van der Waals surface area contributed by atoms with Crippen LogP contribution in [0, 0.1) is 0 Å². The molecule has 1 fully saturated rings. The van der Waals surface area contributed by atoms with E-state index >= 15 is 0 Å². The fourth-order valence-electron chi connectivity index (χ4n) is 3.93. The molecular formula is C19H22N6O. The molecule has 3 aromatic rings. The highest BCUT2D eigenvalue weighted by Gasteiger charge is 2.32. The van der Waals surface area contributed by atoms with Crippen LogP contribution < -0.4 is 4.90 Å². The number of nitrogens with one attached hydrogen (secondary N) is 1. The molecule has 4 rings (SSSR count). The second-order valence-corrected chi connectivity index (χ2v) is 6.87. The summed E-state index contributed by atoms with van der Waals surface area (Å²) in [5.74, 6) is 0.813. The lowest BCUT2D eigenvalue weighted by molar-refractivity contribution is -0.133. The van der Waals surface area contributed by atoms with Gasteiger partial charge in [-0.3, -0.25) is 4.79 Å². The van der Waals surface area contributed by atoms with Crippen LogP contribution in [0.3, 0.4) is 0 Å². The van der Waals surface area contributed by atoms with Gasteiger partial charge >= 0.3 is 0 Å². The van der Waals surface area contributed by atoms with Crippen molar-refractivity contribution in [2.24, 2.45) is 0 Å². The third-order valence-corrected chi connectivity index (χ3v) is 4.94. The van der Waals surface area contributed by atoms with Crippen molar-refractivity contribution in [3.05, 3.63) is 36.8 Å². The Morgan fingerprint density at radius 3 is 2.65 bits per heavy atom. The average molecular weight is 350 g/mol. The molecule has 7 nitrogen and oxygen atoms in total. The number of carbonyl (C=O) groups excluding carboxylic acids is 1. The van der Waals surface area contributed by atoms with Crippen LogP contribution in [0.25, 0.3) is 22.3 Å². The van der Waals surface area contributed by atoms with Crippen molar-refractivity contribution in [2.75, 3.05) is 18.0 Å². The molecule has 1 saturated heterocycles. The van der Waals surface area contributed by atoms with Crippen molar-refractivity contribution in [2.45, 2.75) is 32.9 Å². The molecular weight excluding hydrogens is 328 g/mol. The summed E-state index contributed by atoms with van der Waals surface area (Å²) in [6, 6.07) is 6.12. The maximum atomic E-state index is 11.9. The van der Waals surface area contributed by atoms with Crippen LogP contribution in [0.4, 0.5) is 5.95 Å². The van der Waals surface area contributed by atoms with E-state index in [1.54, 1.807) is 19.3 Å². The van der Waals surface area contributed by atoms with Crippen LogP contribution in [0.1, 0.15) is 20.8 Å². The van der Waals surface area contributed by atoms with Crippen molar-refractivity contribution in [3.8, 4) is 11.3 Å². The molecule has 0 radical (unpaired) electrons. The van der Waals surface area contributed by atoms with Gasteiger partial charge in [0, 0.05) is 61.6 Å². The minimum absolute atomic E-state index is 0.116. The molecule has 1 N–H and O–H groups in total. The first kappa shape index (κ1) is 16.5. The third kappa shape index (κ3) is 2.79. The Balaban J connectivity index is 1.65. The number of hydrogen-bond donors (Lipinski definition) is 1. The van der Waals surface area contributed by atoms with Crippen LogP contribution in [0.2, 0.25) is 0 Å². The molecule has 0 aliphatic carbocycles. The van der Waals surface area contributed by atoms with Crippen molar-refractivity contribution in [3.63, 3.8) is 0 Å². The van der Waals surface area contributed by atoms with Gasteiger partial charge in [0.25, 0.3) is 0 Å². The number of fused-ring (bicyclic) bond motifs is 1. The summed E-state index contributed by atoms with van der Waals surface area (Å²) >= 11 is 0. The average Bonchev–Trinajstić information content (AvgIpc) is 3.05. The topological polar surface area (TPSA) is 78.0 Å². The van der Waals surface area contributed by atoms with Crippen molar-refractivity contribution in [1.29, 1.82) is 0 Å². The fourth-order valence-corrected chi connectivity index (χ4v) is 3.93. The largest absolute Gasteiger partial charge is 0.345 e. The molecule has 0 bridgehead atoms. The quantitative estimate of drug-likeness (QED) is 0.768. The first-order valence-electron chi connectivity index (χ1n) is 8.84. The summed E-state index contributed by atoms with van der Waals surface area (Å²) in [7, 11) is 0. The van der Waals surface area contributed by atoms with E-state index in [9.17, 15) is 4.79 Å². The molecule has 26 heavy (non-hydrogen) atoms. The minimum Gasteiger partial charge on any atom is -0.345 e. The number of anilines is 1. The van der Waals surface area contributed by atoms with E-state index in [1.165, 1.54) is 0 Å². The van der Waals surface area contributed by atoms with Gasteiger partial charge in [0.1, 0.15) is 5.65 Å². The summed E-state index contributed by atoms with van der Waals surface area (Å²) in [5.41, 5.74) is 2.73. The van der Waals surface area contributed by atoms with Crippen LogP contribution in [-0.4, -0.2) is 55.9 Å². The first-order chi connectivity index (χ1) is 12.5. The molecule has 1 aliphatic rings. The molecule has 2 atom stereocenters. The maximum Gasteiger partial charge on any atom is 0.225 e. The molecule has 0 aromatic carbocycles.